The van der Waals surface area contributed by atoms with Crippen LogP contribution in [0.25, 0.3) is 11.6 Å². The molecule has 0 bridgehead atoms. The number of nitrogens with one attached hydrogen (secondary N) is 1. The van der Waals surface area contributed by atoms with Gasteiger partial charge in [0, 0.05) is 11.3 Å². The molecule has 3 N–H and O–H groups in total. The maximum atomic E-state index is 12.7. The van der Waals surface area contributed by atoms with E-state index in [-0.39, 0.29) is 5.91 Å². The van der Waals surface area contributed by atoms with Gasteiger partial charge in [0.1, 0.15) is 0 Å². The summed E-state index contributed by atoms with van der Waals surface area (Å²) in [6.45, 7) is 2.33. The molecule has 162 valence electrons. The smallest absolute Gasteiger partial charge is 0.248 e. The summed E-state index contributed by atoms with van der Waals surface area (Å²) in [5.41, 5.74) is 7.29. The molecule has 4 rings (SSSR count). The standard InChI is InChI=1S/C23H21N5O3S/c1-15(22(30)25-18-11-9-17(10-12-18)20(24)29)32-23-27-26-21(19-8-5-13-31-19)28(23)14-16-6-3-2-4-7-16/h2-13,15H,14H2,1H3,(H2,24,29)(H,25,30)/t15-/m0/s1. The van der Waals surface area contributed by atoms with Crippen LogP contribution in [0.5, 0.6) is 0 Å². The Morgan fingerprint density at radius 3 is 2.47 bits per heavy atom. The summed E-state index contributed by atoms with van der Waals surface area (Å²) in [7, 11) is 0. The molecule has 4 aromatic rings. The third-order valence-electron chi connectivity index (χ3n) is 4.73. The number of carbonyl (C=O) groups excluding carboxylic acids is 2. The molecule has 0 saturated carbocycles. The average molecular weight is 448 g/mol. The summed E-state index contributed by atoms with van der Waals surface area (Å²) < 4.78 is 7.46. The zero-order chi connectivity index (χ0) is 22.5. The van der Waals surface area contributed by atoms with Crippen molar-refractivity contribution in [1.29, 1.82) is 0 Å². The molecule has 0 radical (unpaired) electrons. The number of primary amides is 1. The first-order chi connectivity index (χ1) is 15.5. The molecule has 9 heteroatoms. The third kappa shape index (κ3) is 4.89. The van der Waals surface area contributed by atoms with E-state index in [2.05, 4.69) is 15.5 Å². The van der Waals surface area contributed by atoms with Gasteiger partial charge in [0.05, 0.1) is 18.1 Å². The fourth-order valence-corrected chi connectivity index (χ4v) is 3.89. The number of nitrogens with zero attached hydrogens (tertiary/aromatic N) is 3. The first kappa shape index (κ1) is 21.4. The lowest BCUT2D eigenvalue weighted by molar-refractivity contribution is -0.115. The Balaban J connectivity index is 1.52. The minimum atomic E-state index is -0.517. The predicted octanol–water partition coefficient (Wildman–Crippen LogP) is 3.80. The maximum absolute atomic E-state index is 12.7. The van der Waals surface area contributed by atoms with E-state index in [4.69, 9.17) is 10.2 Å². The molecule has 8 nitrogen and oxygen atoms in total. The number of benzene rings is 2. The van der Waals surface area contributed by atoms with Crippen molar-refractivity contribution in [2.75, 3.05) is 5.32 Å². The average Bonchev–Trinajstić information content (AvgIpc) is 3.45. The molecule has 2 aromatic carbocycles. The molecule has 0 saturated heterocycles. The Labute approximate surface area is 188 Å². The molecule has 1 atom stereocenters. The Hall–Kier alpha value is -3.85. The number of hydrogen-bond donors (Lipinski definition) is 2. The van der Waals surface area contributed by atoms with Gasteiger partial charge in [0.25, 0.3) is 0 Å². The summed E-state index contributed by atoms with van der Waals surface area (Å²) >= 11 is 1.30. The summed E-state index contributed by atoms with van der Waals surface area (Å²) in [6, 6.07) is 20.0. The van der Waals surface area contributed by atoms with Crippen LogP contribution in [-0.4, -0.2) is 31.8 Å². The first-order valence-electron chi connectivity index (χ1n) is 9.89. The van der Waals surface area contributed by atoms with Crippen molar-refractivity contribution in [3.05, 3.63) is 84.1 Å². The van der Waals surface area contributed by atoms with Gasteiger partial charge in [-0.1, -0.05) is 42.1 Å². The monoisotopic (exact) mass is 447 g/mol. The molecular formula is C23H21N5O3S. The largest absolute Gasteiger partial charge is 0.461 e. The van der Waals surface area contributed by atoms with Crippen LogP contribution in [0.3, 0.4) is 0 Å². The zero-order valence-corrected chi connectivity index (χ0v) is 18.1. The summed E-state index contributed by atoms with van der Waals surface area (Å²) in [5, 5.41) is 11.6. The highest BCUT2D eigenvalue weighted by Gasteiger charge is 2.22. The van der Waals surface area contributed by atoms with Gasteiger partial charge in [-0.05, 0) is 48.9 Å². The molecule has 0 aliphatic rings. The minimum Gasteiger partial charge on any atom is -0.461 e. The van der Waals surface area contributed by atoms with Gasteiger partial charge in [0.15, 0.2) is 10.9 Å². The van der Waals surface area contributed by atoms with Crippen molar-refractivity contribution in [1.82, 2.24) is 14.8 Å². The number of hydrogen-bond acceptors (Lipinski definition) is 6. The number of furan rings is 1. The highest BCUT2D eigenvalue weighted by molar-refractivity contribution is 8.00. The van der Waals surface area contributed by atoms with Crippen LogP contribution in [0.1, 0.15) is 22.8 Å². The molecule has 2 aromatic heterocycles. The molecule has 0 spiro atoms. The maximum Gasteiger partial charge on any atom is 0.248 e. The van der Waals surface area contributed by atoms with Crippen molar-refractivity contribution in [3.8, 4) is 11.6 Å². The number of anilines is 1. The molecule has 0 aliphatic heterocycles. The lowest BCUT2D eigenvalue weighted by Crippen LogP contribution is -2.23. The van der Waals surface area contributed by atoms with E-state index in [9.17, 15) is 9.59 Å². The van der Waals surface area contributed by atoms with Crippen LogP contribution in [0.4, 0.5) is 5.69 Å². The molecule has 2 heterocycles. The topological polar surface area (TPSA) is 116 Å². The highest BCUT2D eigenvalue weighted by atomic mass is 32.2. The van der Waals surface area contributed by atoms with E-state index in [1.807, 2.05) is 41.0 Å². The molecule has 32 heavy (non-hydrogen) atoms. The summed E-state index contributed by atoms with van der Waals surface area (Å²) in [6.07, 6.45) is 1.59. The van der Waals surface area contributed by atoms with Crippen molar-refractivity contribution in [2.24, 2.45) is 5.73 Å². The molecule has 0 fully saturated rings. The predicted molar refractivity (Wildman–Crippen MR) is 122 cm³/mol. The van der Waals surface area contributed by atoms with Gasteiger partial charge in [0.2, 0.25) is 17.6 Å². The Morgan fingerprint density at radius 1 is 1.06 bits per heavy atom. The lowest BCUT2D eigenvalue weighted by Gasteiger charge is -2.14. The normalized spacial score (nSPS) is 11.8. The second-order valence-corrected chi connectivity index (χ2v) is 8.35. The van der Waals surface area contributed by atoms with E-state index in [1.54, 1.807) is 43.5 Å². The lowest BCUT2D eigenvalue weighted by atomic mass is 10.2. The van der Waals surface area contributed by atoms with Gasteiger partial charge < -0.3 is 15.5 Å². The Morgan fingerprint density at radius 2 is 1.81 bits per heavy atom. The van der Waals surface area contributed by atoms with Gasteiger partial charge in [-0.3, -0.25) is 14.2 Å². The summed E-state index contributed by atoms with van der Waals surface area (Å²) in [4.78, 5) is 23.9. The number of amides is 2. The molecular weight excluding hydrogens is 426 g/mol. The second kappa shape index (κ2) is 9.52. The number of aromatic nitrogens is 3. The minimum absolute atomic E-state index is 0.198. The highest BCUT2D eigenvalue weighted by Crippen LogP contribution is 2.28. The van der Waals surface area contributed by atoms with Crippen LogP contribution < -0.4 is 11.1 Å². The van der Waals surface area contributed by atoms with Crippen molar-refractivity contribution in [3.63, 3.8) is 0 Å². The molecule has 0 unspecified atom stereocenters. The van der Waals surface area contributed by atoms with Crippen LogP contribution in [0.15, 0.2) is 82.6 Å². The van der Waals surface area contributed by atoms with Crippen molar-refractivity contribution < 1.29 is 14.0 Å². The van der Waals surface area contributed by atoms with E-state index in [1.165, 1.54) is 11.8 Å². The second-order valence-electron chi connectivity index (χ2n) is 7.05. The van der Waals surface area contributed by atoms with E-state index in [0.717, 1.165) is 5.56 Å². The zero-order valence-electron chi connectivity index (χ0n) is 17.3. The van der Waals surface area contributed by atoms with E-state index < -0.39 is 11.2 Å². The molecule has 2 amide bonds. The molecule has 0 aliphatic carbocycles. The number of nitrogens with two attached hydrogens (primary N) is 1. The van der Waals surface area contributed by atoms with Gasteiger partial charge in [-0.2, -0.15) is 0 Å². The Bertz CT molecular complexity index is 1200. The fourth-order valence-electron chi connectivity index (χ4n) is 3.05. The van der Waals surface area contributed by atoms with Crippen molar-refractivity contribution >= 4 is 29.3 Å². The number of rotatable bonds is 8. The van der Waals surface area contributed by atoms with Crippen molar-refractivity contribution in [2.45, 2.75) is 23.9 Å². The van der Waals surface area contributed by atoms with Crippen LogP contribution in [-0.2, 0) is 11.3 Å². The van der Waals surface area contributed by atoms with Crippen LogP contribution in [0, 0.1) is 0 Å². The fraction of sp³-hybridized carbons (Fsp3) is 0.130. The van der Waals surface area contributed by atoms with Gasteiger partial charge >= 0.3 is 0 Å². The van der Waals surface area contributed by atoms with Crippen LogP contribution >= 0.6 is 11.8 Å². The number of thioether (sulfide) groups is 1. The van der Waals surface area contributed by atoms with Gasteiger partial charge in [-0.15, -0.1) is 10.2 Å². The van der Waals surface area contributed by atoms with E-state index >= 15 is 0 Å². The van der Waals surface area contributed by atoms with Gasteiger partial charge in [-0.25, -0.2) is 0 Å². The van der Waals surface area contributed by atoms with Crippen LogP contribution in [0.2, 0.25) is 0 Å². The third-order valence-corrected chi connectivity index (χ3v) is 5.81. The first-order valence-corrected chi connectivity index (χ1v) is 10.8. The quantitative estimate of drug-likeness (QED) is 0.397. The number of carbonyl (C=O) groups is 2. The Kier molecular flexibility index (Phi) is 6.37. The summed E-state index contributed by atoms with van der Waals surface area (Å²) in [5.74, 6) is 0.482. The van der Waals surface area contributed by atoms with E-state index in [0.29, 0.717) is 34.5 Å². The SMILES string of the molecule is C[C@H](Sc1nnc(-c2ccco2)n1Cc1ccccc1)C(=O)Nc1ccc(C(N)=O)cc1.